The van der Waals surface area contributed by atoms with E-state index >= 15 is 0 Å². The van der Waals surface area contributed by atoms with E-state index in [-0.39, 0.29) is 18.4 Å². The first-order valence-electron chi connectivity index (χ1n) is 8.49. The molecule has 1 aliphatic rings. The van der Waals surface area contributed by atoms with Gasteiger partial charge < -0.3 is 4.90 Å². The van der Waals surface area contributed by atoms with Crippen molar-refractivity contribution in [3.63, 3.8) is 0 Å². The molecule has 0 unspecified atom stereocenters. The largest absolute Gasteiger partial charge is 0.335 e. The van der Waals surface area contributed by atoms with Gasteiger partial charge in [-0.1, -0.05) is 48.3 Å². The number of fused-ring (bicyclic) bond motifs is 1. The number of nitrogens with zero attached hydrogens (tertiary/aromatic N) is 1. The summed E-state index contributed by atoms with van der Waals surface area (Å²) >= 11 is 14.3. The van der Waals surface area contributed by atoms with Crippen LogP contribution in [0.3, 0.4) is 0 Å². The third-order valence-electron chi connectivity index (χ3n) is 4.70. The molecule has 1 aliphatic heterocycles. The van der Waals surface area contributed by atoms with Gasteiger partial charge in [-0.05, 0) is 54.0 Å². The van der Waals surface area contributed by atoms with Crippen molar-refractivity contribution in [3.05, 3.63) is 63.1 Å². The van der Waals surface area contributed by atoms with Crippen LogP contribution < -0.4 is 0 Å². The van der Waals surface area contributed by atoms with E-state index in [1.54, 1.807) is 18.2 Å². The lowest BCUT2D eigenvalue weighted by atomic mass is 9.93. The summed E-state index contributed by atoms with van der Waals surface area (Å²) in [7, 11) is 0. The van der Waals surface area contributed by atoms with Crippen molar-refractivity contribution in [2.75, 3.05) is 12.3 Å². The molecular formula is C20H21Cl2NOS. The highest BCUT2D eigenvalue weighted by Crippen LogP contribution is 2.36. The van der Waals surface area contributed by atoms with Crippen LogP contribution in [0, 0.1) is 0 Å². The smallest absolute Gasteiger partial charge is 0.227 e. The van der Waals surface area contributed by atoms with Crippen molar-refractivity contribution in [1.82, 2.24) is 4.90 Å². The molecule has 1 heterocycles. The molecule has 0 aromatic heterocycles. The summed E-state index contributed by atoms with van der Waals surface area (Å²) < 4.78 is 0. The van der Waals surface area contributed by atoms with E-state index in [1.807, 2.05) is 16.7 Å². The molecule has 25 heavy (non-hydrogen) atoms. The zero-order valence-electron chi connectivity index (χ0n) is 14.4. The zero-order chi connectivity index (χ0) is 18.0. The summed E-state index contributed by atoms with van der Waals surface area (Å²) in [6, 6.07) is 11.8. The SMILES string of the molecule is CCSc1cccc2c1CCN(C(=O)Cc1c(Cl)cccc1Cl)[C@H]2C. The number of rotatable bonds is 4. The third kappa shape index (κ3) is 3.84. The van der Waals surface area contributed by atoms with E-state index in [1.165, 1.54) is 16.0 Å². The van der Waals surface area contributed by atoms with Gasteiger partial charge in [0.05, 0.1) is 12.5 Å². The van der Waals surface area contributed by atoms with Crippen molar-refractivity contribution in [2.45, 2.75) is 37.6 Å². The molecule has 1 amide bonds. The lowest BCUT2D eigenvalue weighted by Crippen LogP contribution is -2.40. The normalized spacial score (nSPS) is 16.6. The van der Waals surface area contributed by atoms with Gasteiger partial charge in [-0.3, -0.25) is 4.79 Å². The fraction of sp³-hybridized carbons (Fsp3) is 0.350. The van der Waals surface area contributed by atoms with E-state index in [2.05, 4.69) is 32.0 Å². The molecule has 0 fully saturated rings. The molecule has 0 aliphatic carbocycles. The molecule has 0 bridgehead atoms. The second-order valence-electron chi connectivity index (χ2n) is 6.15. The van der Waals surface area contributed by atoms with E-state index < -0.39 is 0 Å². The van der Waals surface area contributed by atoms with E-state index in [4.69, 9.17) is 23.2 Å². The Bertz CT molecular complexity index is 773. The molecule has 5 heteroatoms. The minimum absolute atomic E-state index is 0.0647. The number of hydrogen-bond acceptors (Lipinski definition) is 2. The number of carbonyl (C=O) groups excluding carboxylic acids is 1. The Morgan fingerprint density at radius 1 is 1.20 bits per heavy atom. The van der Waals surface area contributed by atoms with Gasteiger partial charge in [0, 0.05) is 21.5 Å². The predicted octanol–water partition coefficient (Wildman–Crippen LogP) is 5.79. The zero-order valence-corrected chi connectivity index (χ0v) is 16.7. The molecule has 3 rings (SSSR count). The summed E-state index contributed by atoms with van der Waals surface area (Å²) in [6.07, 6.45) is 1.13. The van der Waals surface area contributed by atoms with Gasteiger partial charge >= 0.3 is 0 Å². The summed E-state index contributed by atoms with van der Waals surface area (Å²) in [4.78, 5) is 16.2. The molecule has 0 radical (unpaired) electrons. The van der Waals surface area contributed by atoms with E-state index in [9.17, 15) is 4.79 Å². The van der Waals surface area contributed by atoms with Gasteiger partial charge in [-0.25, -0.2) is 0 Å². The Morgan fingerprint density at radius 3 is 2.56 bits per heavy atom. The first-order chi connectivity index (χ1) is 12.0. The average molecular weight is 394 g/mol. The Labute approximate surface area is 163 Å². The van der Waals surface area contributed by atoms with Crippen molar-refractivity contribution >= 4 is 40.9 Å². The monoisotopic (exact) mass is 393 g/mol. The van der Waals surface area contributed by atoms with E-state index in [0.29, 0.717) is 15.6 Å². The summed E-state index contributed by atoms with van der Waals surface area (Å²) in [5, 5.41) is 1.10. The van der Waals surface area contributed by atoms with Crippen LogP contribution in [0.5, 0.6) is 0 Å². The van der Waals surface area contributed by atoms with Crippen LogP contribution in [0.25, 0.3) is 0 Å². The molecule has 0 saturated heterocycles. The number of amides is 1. The van der Waals surface area contributed by atoms with Crippen LogP contribution in [0.15, 0.2) is 41.3 Å². The molecule has 2 aromatic carbocycles. The number of carbonyl (C=O) groups is 1. The molecular weight excluding hydrogens is 373 g/mol. The van der Waals surface area contributed by atoms with Gasteiger partial charge in [0.2, 0.25) is 5.91 Å². The number of halogens is 2. The molecule has 2 aromatic rings. The Hall–Kier alpha value is -1.16. The fourth-order valence-corrected chi connectivity index (χ4v) is 4.83. The van der Waals surface area contributed by atoms with Gasteiger partial charge in [0.1, 0.15) is 0 Å². The first kappa shape index (κ1) is 18.6. The van der Waals surface area contributed by atoms with Gasteiger partial charge in [-0.2, -0.15) is 0 Å². The molecule has 2 nitrogen and oxygen atoms in total. The third-order valence-corrected chi connectivity index (χ3v) is 6.39. The molecule has 1 atom stereocenters. The van der Waals surface area contributed by atoms with Crippen LogP contribution in [0.2, 0.25) is 10.0 Å². The van der Waals surface area contributed by atoms with Crippen molar-refractivity contribution in [3.8, 4) is 0 Å². The highest BCUT2D eigenvalue weighted by atomic mass is 35.5. The lowest BCUT2D eigenvalue weighted by molar-refractivity contribution is -0.133. The minimum Gasteiger partial charge on any atom is -0.335 e. The Balaban J connectivity index is 1.83. The van der Waals surface area contributed by atoms with Gasteiger partial charge in [0.25, 0.3) is 0 Å². The highest BCUT2D eigenvalue weighted by molar-refractivity contribution is 7.99. The van der Waals surface area contributed by atoms with Crippen LogP contribution >= 0.6 is 35.0 Å². The van der Waals surface area contributed by atoms with Crippen LogP contribution in [-0.4, -0.2) is 23.1 Å². The maximum Gasteiger partial charge on any atom is 0.227 e. The minimum atomic E-state index is 0.0647. The van der Waals surface area contributed by atoms with Gasteiger partial charge in [-0.15, -0.1) is 11.8 Å². The highest BCUT2D eigenvalue weighted by Gasteiger charge is 2.29. The number of benzene rings is 2. The molecule has 132 valence electrons. The van der Waals surface area contributed by atoms with Crippen LogP contribution in [0.1, 0.15) is 36.6 Å². The Kier molecular flexibility index (Phi) is 5.98. The van der Waals surface area contributed by atoms with Crippen LogP contribution in [-0.2, 0) is 17.6 Å². The van der Waals surface area contributed by atoms with E-state index in [0.717, 1.165) is 18.7 Å². The molecule has 0 spiro atoms. The lowest BCUT2D eigenvalue weighted by Gasteiger charge is -2.36. The summed E-state index contributed by atoms with van der Waals surface area (Å²) in [5.41, 5.74) is 3.36. The Morgan fingerprint density at radius 2 is 1.88 bits per heavy atom. The molecule has 0 saturated carbocycles. The quantitative estimate of drug-likeness (QED) is 0.612. The van der Waals surface area contributed by atoms with Crippen LogP contribution in [0.4, 0.5) is 0 Å². The molecule has 0 N–H and O–H groups in total. The second kappa shape index (κ2) is 8.03. The maximum atomic E-state index is 12.9. The maximum absolute atomic E-state index is 12.9. The van der Waals surface area contributed by atoms with Gasteiger partial charge in [0.15, 0.2) is 0 Å². The van der Waals surface area contributed by atoms with Crippen molar-refractivity contribution in [1.29, 1.82) is 0 Å². The topological polar surface area (TPSA) is 20.3 Å². The summed E-state index contributed by atoms with van der Waals surface area (Å²) in [6.45, 7) is 5.00. The summed E-state index contributed by atoms with van der Waals surface area (Å²) in [5.74, 6) is 1.13. The van der Waals surface area contributed by atoms with Crippen molar-refractivity contribution in [2.24, 2.45) is 0 Å². The average Bonchev–Trinajstić information content (AvgIpc) is 2.59. The second-order valence-corrected chi connectivity index (χ2v) is 8.27. The standard InChI is InChI=1S/C20H21Cl2NOS/c1-3-25-19-9-4-6-14-13(2)23(11-10-15(14)19)20(24)12-16-17(21)7-5-8-18(16)22/h4-9,13H,3,10-12H2,1-2H3/t13-/m0/s1. The first-order valence-corrected chi connectivity index (χ1v) is 10.2. The fourth-order valence-electron chi connectivity index (χ4n) is 3.42. The predicted molar refractivity (Wildman–Crippen MR) is 107 cm³/mol. The number of thioether (sulfide) groups is 1. The van der Waals surface area contributed by atoms with Crippen molar-refractivity contribution < 1.29 is 4.79 Å². The number of hydrogen-bond donors (Lipinski definition) is 0.